The molecular formula is C14H9BrF2OS. The Kier molecular flexibility index (Phi) is 4.71. The van der Waals surface area contributed by atoms with Crippen molar-refractivity contribution in [2.24, 2.45) is 0 Å². The molecule has 0 unspecified atom stereocenters. The Hall–Kier alpha value is -1.20. The molecule has 0 aliphatic rings. The molecule has 5 heteroatoms. The highest BCUT2D eigenvalue weighted by atomic mass is 79.9. The molecule has 0 heterocycles. The minimum absolute atomic E-state index is 0.184. The minimum atomic E-state index is -1.00. The van der Waals surface area contributed by atoms with Crippen LogP contribution in [0, 0.1) is 11.6 Å². The molecule has 1 nitrogen and oxygen atoms in total. The summed E-state index contributed by atoms with van der Waals surface area (Å²) in [6, 6.07) is 10.7. The van der Waals surface area contributed by atoms with Gasteiger partial charge in [-0.05, 0) is 42.5 Å². The van der Waals surface area contributed by atoms with Crippen LogP contribution in [-0.2, 0) is 0 Å². The van der Waals surface area contributed by atoms with Gasteiger partial charge in [0.05, 0.1) is 5.75 Å². The van der Waals surface area contributed by atoms with Gasteiger partial charge in [0.2, 0.25) is 0 Å². The number of carbonyl (C=O) groups excluding carboxylic acids is 1. The second-order valence-corrected chi connectivity index (χ2v) is 5.76. The highest BCUT2D eigenvalue weighted by Crippen LogP contribution is 2.22. The maximum absolute atomic E-state index is 13.0. The van der Waals surface area contributed by atoms with Crippen LogP contribution >= 0.6 is 27.7 Å². The number of hydrogen-bond donors (Lipinski definition) is 0. The third-order valence-electron chi connectivity index (χ3n) is 2.43. The van der Waals surface area contributed by atoms with E-state index in [1.54, 1.807) is 0 Å². The largest absolute Gasteiger partial charge is 0.293 e. The molecule has 0 amide bonds. The molecule has 0 radical (unpaired) electrons. The first-order valence-electron chi connectivity index (χ1n) is 5.43. The Morgan fingerprint density at radius 2 is 1.74 bits per heavy atom. The van der Waals surface area contributed by atoms with Crippen molar-refractivity contribution in [1.82, 2.24) is 0 Å². The molecule has 0 saturated carbocycles. The normalized spacial score (nSPS) is 10.5. The molecular weight excluding hydrogens is 334 g/mol. The van der Waals surface area contributed by atoms with Crippen molar-refractivity contribution in [3.63, 3.8) is 0 Å². The third kappa shape index (κ3) is 3.88. The van der Waals surface area contributed by atoms with E-state index in [1.165, 1.54) is 17.8 Å². The first-order chi connectivity index (χ1) is 9.06. The predicted octanol–water partition coefficient (Wildman–Crippen LogP) is 4.70. The second kappa shape index (κ2) is 6.30. The first-order valence-corrected chi connectivity index (χ1v) is 7.21. The van der Waals surface area contributed by atoms with E-state index < -0.39 is 11.6 Å². The van der Waals surface area contributed by atoms with Crippen LogP contribution in [0.5, 0.6) is 0 Å². The van der Waals surface area contributed by atoms with Crippen LogP contribution in [0.3, 0.4) is 0 Å². The fraction of sp³-hybridized carbons (Fsp3) is 0.0714. The van der Waals surface area contributed by atoms with Crippen LogP contribution in [0.1, 0.15) is 10.4 Å². The smallest absolute Gasteiger partial charge is 0.173 e. The quantitative estimate of drug-likeness (QED) is 0.591. The molecule has 0 N–H and O–H groups in total. The van der Waals surface area contributed by atoms with Crippen molar-refractivity contribution in [3.8, 4) is 0 Å². The number of rotatable bonds is 4. The maximum Gasteiger partial charge on any atom is 0.173 e. The average Bonchev–Trinajstić information content (AvgIpc) is 2.41. The van der Waals surface area contributed by atoms with Gasteiger partial charge in [-0.3, -0.25) is 4.79 Å². The van der Waals surface area contributed by atoms with E-state index in [0.29, 0.717) is 0 Å². The molecule has 2 aromatic rings. The standard InChI is InChI=1S/C14H9BrF2OS/c15-10-2-4-11(5-3-10)19-8-14(18)9-1-6-12(16)13(17)7-9/h1-7H,8H2. The summed E-state index contributed by atoms with van der Waals surface area (Å²) in [5.74, 6) is -1.99. The fourth-order valence-corrected chi connectivity index (χ4v) is 2.49. The number of thioether (sulfide) groups is 1. The van der Waals surface area contributed by atoms with Crippen LogP contribution in [0.25, 0.3) is 0 Å². The molecule has 0 bridgehead atoms. The van der Waals surface area contributed by atoms with E-state index >= 15 is 0 Å². The lowest BCUT2D eigenvalue weighted by Crippen LogP contribution is -2.03. The monoisotopic (exact) mass is 342 g/mol. The molecule has 2 rings (SSSR count). The first kappa shape index (κ1) is 14.2. The Balaban J connectivity index is 2.01. The molecule has 2 aromatic carbocycles. The molecule has 0 aliphatic carbocycles. The van der Waals surface area contributed by atoms with Crippen LogP contribution in [-0.4, -0.2) is 11.5 Å². The Bertz CT molecular complexity index is 599. The number of carbonyl (C=O) groups is 1. The number of benzene rings is 2. The van der Waals surface area contributed by atoms with Gasteiger partial charge in [0.1, 0.15) is 0 Å². The van der Waals surface area contributed by atoms with Crippen molar-refractivity contribution < 1.29 is 13.6 Å². The predicted molar refractivity (Wildman–Crippen MR) is 75.6 cm³/mol. The summed E-state index contributed by atoms with van der Waals surface area (Å²) >= 11 is 4.68. The average molecular weight is 343 g/mol. The van der Waals surface area contributed by atoms with Crippen molar-refractivity contribution in [1.29, 1.82) is 0 Å². The summed E-state index contributed by atoms with van der Waals surface area (Å²) in [7, 11) is 0. The van der Waals surface area contributed by atoms with Crippen molar-refractivity contribution >= 4 is 33.5 Å². The van der Waals surface area contributed by atoms with Gasteiger partial charge < -0.3 is 0 Å². The number of hydrogen-bond acceptors (Lipinski definition) is 2. The van der Waals surface area contributed by atoms with Crippen LogP contribution in [0.4, 0.5) is 8.78 Å². The number of halogens is 3. The minimum Gasteiger partial charge on any atom is -0.293 e. The zero-order valence-electron chi connectivity index (χ0n) is 9.70. The van der Waals surface area contributed by atoms with Crippen LogP contribution in [0.15, 0.2) is 51.8 Å². The topological polar surface area (TPSA) is 17.1 Å². The van der Waals surface area contributed by atoms with Gasteiger partial charge in [-0.2, -0.15) is 0 Å². The highest BCUT2D eigenvalue weighted by Gasteiger charge is 2.10. The Labute approximate surface area is 122 Å². The summed E-state index contributed by atoms with van der Waals surface area (Å²) in [6.45, 7) is 0. The lowest BCUT2D eigenvalue weighted by Gasteiger charge is -2.02. The Morgan fingerprint density at radius 3 is 2.37 bits per heavy atom. The van der Waals surface area contributed by atoms with E-state index in [2.05, 4.69) is 15.9 Å². The molecule has 0 aromatic heterocycles. The molecule has 0 spiro atoms. The van der Waals surface area contributed by atoms with Crippen molar-refractivity contribution in [2.75, 3.05) is 5.75 Å². The van der Waals surface area contributed by atoms with Crippen molar-refractivity contribution in [2.45, 2.75) is 4.90 Å². The number of ketones is 1. The summed E-state index contributed by atoms with van der Waals surface area (Å²) in [6.07, 6.45) is 0. The van der Waals surface area contributed by atoms with Crippen molar-refractivity contribution in [3.05, 3.63) is 64.1 Å². The SMILES string of the molecule is O=C(CSc1ccc(Br)cc1)c1ccc(F)c(F)c1. The number of Topliss-reactive ketones (excluding diaryl/α,β-unsaturated/α-hetero) is 1. The third-order valence-corrected chi connectivity index (χ3v) is 3.97. The van der Waals surface area contributed by atoms with Gasteiger partial charge in [0.15, 0.2) is 17.4 Å². The fourth-order valence-electron chi connectivity index (χ4n) is 1.43. The van der Waals surface area contributed by atoms with Gasteiger partial charge in [0.25, 0.3) is 0 Å². The molecule has 0 atom stereocenters. The lowest BCUT2D eigenvalue weighted by atomic mass is 10.1. The van der Waals surface area contributed by atoms with Gasteiger partial charge in [-0.15, -0.1) is 11.8 Å². The van der Waals surface area contributed by atoms with Gasteiger partial charge in [-0.1, -0.05) is 15.9 Å². The van der Waals surface area contributed by atoms with E-state index in [1.807, 2.05) is 24.3 Å². The molecule has 0 saturated heterocycles. The summed E-state index contributed by atoms with van der Waals surface area (Å²) in [5, 5.41) is 0. The van der Waals surface area contributed by atoms with E-state index in [-0.39, 0.29) is 17.1 Å². The van der Waals surface area contributed by atoms with Gasteiger partial charge >= 0.3 is 0 Å². The zero-order valence-corrected chi connectivity index (χ0v) is 12.1. The Morgan fingerprint density at radius 1 is 1.05 bits per heavy atom. The maximum atomic E-state index is 13.0. The molecule has 0 fully saturated rings. The van der Waals surface area contributed by atoms with Gasteiger partial charge in [-0.25, -0.2) is 8.78 Å². The van der Waals surface area contributed by atoms with Gasteiger partial charge in [0, 0.05) is 14.9 Å². The second-order valence-electron chi connectivity index (χ2n) is 3.79. The highest BCUT2D eigenvalue weighted by molar-refractivity contribution is 9.10. The zero-order chi connectivity index (χ0) is 13.8. The van der Waals surface area contributed by atoms with E-state index in [4.69, 9.17) is 0 Å². The summed E-state index contributed by atoms with van der Waals surface area (Å²) < 4.78 is 26.7. The van der Waals surface area contributed by atoms with Crippen LogP contribution < -0.4 is 0 Å². The molecule has 19 heavy (non-hydrogen) atoms. The summed E-state index contributed by atoms with van der Waals surface area (Å²) in [5.41, 5.74) is 0.184. The van der Waals surface area contributed by atoms with Crippen LogP contribution in [0.2, 0.25) is 0 Å². The summed E-state index contributed by atoms with van der Waals surface area (Å²) in [4.78, 5) is 12.8. The molecule has 98 valence electrons. The van der Waals surface area contributed by atoms with E-state index in [0.717, 1.165) is 21.5 Å². The lowest BCUT2D eigenvalue weighted by molar-refractivity contribution is 0.102. The van der Waals surface area contributed by atoms with E-state index in [9.17, 15) is 13.6 Å². The molecule has 0 aliphatic heterocycles.